The summed E-state index contributed by atoms with van der Waals surface area (Å²) < 4.78 is 0. The summed E-state index contributed by atoms with van der Waals surface area (Å²) in [4.78, 5) is 58.7. The lowest BCUT2D eigenvalue weighted by Crippen LogP contribution is -2.77. The van der Waals surface area contributed by atoms with Crippen LogP contribution in [0.1, 0.15) is 25.0 Å². The van der Waals surface area contributed by atoms with Crippen LogP contribution in [0.15, 0.2) is 48.5 Å². The van der Waals surface area contributed by atoms with Crippen molar-refractivity contribution in [2.75, 3.05) is 24.7 Å². The van der Waals surface area contributed by atoms with Crippen molar-refractivity contribution in [3.05, 3.63) is 59.7 Å². The van der Waals surface area contributed by atoms with E-state index in [0.29, 0.717) is 22.5 Å². The maximum Gasteiger partial charge on any atom is 0.264 e. The van der Waals surface area contributed by atoms with Crippen molar-refractivity contribution in [2.24, 2.45) is 0 Å². The largest absolute Gasteiger partial charge is 0.388 e. The van der Waals surface area contributed by atoms with Gasteiger partial charge in [0.25, 0.3) is 23.6 Å². The SMILES string of the molecule is CN1C(=O)C23SSSC1(C)C(=O)N2C1Nc2ccccc2C1(C12c4ccccc4NC1N1C(=O)C4(C)SSC1(C(=O)N4C)C2O)C3O. The maximum absolute atomic E-state index is 14.9. The number of rotatable bonds is 1. The number of benzene rings is 2. The summed E-state index contributed by atoms with van der Waals surface area (Å²) in [6.07, 6.45) is -5.26. The number of aliphatic hydroxyl groups excluding tert-OH is 2. The second-order valence-corrected chi connectivity index (χ2v) is 20.8. The maximum atomic E-state index is 14.9. The van der Waals surface area contributed by atoms with E-state index in [1.807, 2.05) is 48.5 Å². The standard InChI is InChI=1S/C30H28N6O6S5/c1-25-21(39)35-19-27(13-9-5-7-11-15(13)31-19,17(37)29(35,45-43-25)23(41)33(25)3)28-14-10-6-8-12-16(14)32-20(28)36-22(40)26(2)34(4)24(42)30(36,18(28)38)46-47-44-26/h5-12,17-20,31-32,37-38H,1-4H3. The lowest BCUT2D eigenvalue weighted by atomic mass is 9.52. The van der Waals surface area contributed by atoms with Crippen molar-refractivity contribution in [3.8, 4) is 0 Å². The summed E-state index contributed by atoms with van der Waals surface area (Å²) in [6, 6.07) is 14.8. The molecular weight excluding hydrogens is 701 g/mol. The zero-order chi connectivity index (χ0) is 32.8. The van der Waals surface area contributed by atoms with E-state index in [-0.39, 0.29) is 11.8 Å². The summed E-state index contributed by atoms with van der Waals surface area (Å²) in [5.41, 5.74) is -0.815. The first-order valence-electron chi connectivity index (χ1n) is 15.1. The fourth-order valence-electron chi connectivity index (χ4n) is 9.79. The zero-order valence-electron chi connectivity index (χ0n) is 25.3. The molecule has 4 bridgehead atoms. The summed E-state index contributed by atoms with van der Waals surface area (Å²) in [5, 5.41) is 33.8. The second-order valence-electron chi connectivity index (χ2n) is 13.6. The van der Waals surface area contributed by atoms with Gasteiger partial charge in [-0.25, -0.2) is 0 Å². The fourth-order valence-corrected chi connectivity index (χ4v) is 19.2. The van der Waals surface area contributed by atoms with E-state index in [9.17, 15) is 29.4 Å². The van der Waals surface area contributed by atoms with E-state index in [0.717, 1.165) is 10.8 Å². The molecule has 17 heteroatoms. The topological polar surface area (TPSA) is 146 Å². The molecule has 244 valence electrons. The molecular formula is C30H28N6O6S5. The number of carbonyl (C=O) groups is 4. The lowest BCUT2D eigenvalue weighted by Gasteiger charge is -2.58. The predicted molar refractivity (Wildman–Crippen MR) is 183 cm³/mol. The molecule has 47 heavy (non-hydrogen) atoms. The van der Waals surface area contributed by atoms with E-state index >= 15 is 0 Å². The van der Waals surface area contributed by atoms with Crippen LogP contribution in [0.5, 0.6) is 0 Å². The molecule has 0 aliphatic carbocycles. The van der Waals surface area contributed by atoms with Crippen molar-refractivity contribution in [2.45, 2.75) is 68.7 Å². The van der Waals surface area contributed by atoms with Crippen LogP contribution in [0, 0.1) is 0 Å². The molecule has 2 aromatic rings. The molecule has 10 aliphatic rings. The molecule has 4 N–H and O–H groups in total. The Morgan fingerprint density at radius 2 is 1.04 bits per heavy atom. The van der Waals surface area contributed by atoms with Crippen LogP contribution in [0.3, 0.4) is 0 Å². The van der Waals surface area contributed by atoms with E-state index < -0.39 is 66.7 Å². The highest BCUT2D eigenvalue weighted by molar-refractivity contribution is 9.10. The van der Waals surface area contributed by atoms with Crippen molar-refractivity contribution >= 4 is 88.0 Å². The van der Waals surface area contributed by atoms with Gasteiger partial charge >= 0.3 is 0 Å². The Hall–Kier alpha value is -2.41. The van der Waals surface area contributed by atoms with Gasteiger partial charge in [0.2, 0.25) is 9.74 Å². The molecule has 8 saturated heterocycles. The Balaban J connectivity index is 1.35. The lowest BCUT2D eigenvalue weighted by molar-refractivity contribution is -0.166. The number of piperazine rings is 2. The van der Waals surface area contributed by atoms with Crippen molar-refractivity contribution < 1.29 is 29.4 Å². The Bertz CT molecular complexity index is 1920. The van der Waals surface area contributed by atoms with Gasteiger partial charge in [0.15, 0.2) is 9.74 Å². The highest BCUT2D eigenvalue weighted by Gasteiger charge is 2.92. The minimum absolute atomic E-state index is 0.344. The molecule has 0 aromatic heterocycles. The van der Waals surface area contributed by atoms with Gasteiger partial charge in [-0.3, -0.25) is 29.0 Å². The molecule has 10 aliphatic heterocycles. The van der Waals surface area contributed by atoms with Crippen LogP contribution >= 0.6 is 53.0 Å². The number of anilines is 2. The molecule has 0 saturated carbocycles. The third kappa shape index (κ3) is 2.56. The Labute approximate surface area is 288 Å². The summed E-state index contributed by atoms with van der Waals surface area (Å²) in [6.45, 7) is 3.42. The number of hydrogen-bond donors (Lipinski definition) is 4. The fraction of sp³-hybridized carbons (Fsp3) is 0.467. The van der Waals surface area contributed by atoms with Crippen molar-refractivity contribution in [1.29, 1.82) is 0 Å². The molecule has 10 unspecified atom stereocenters. The van der Waals surface area contributed by atoms with Crippen LogP contribution < -0.4 is 10.6 Å². The van der Waals surface area contributed by atoms with Gasteiger partial charge in [0.1, 0.15) is 24.5 Å². The quantitative estimate of drug-likeness (QED) is 0.318. The number of amides is 4. The first-order valence-corrected chi connectivity index (χ1v) is 20.7. The van der Waals surface area contributed by atoms with E-state index in [1.54, 1.807) is 27.9 Å². The van der Waals surface area contributed by atoms with Gasteiger partial charge in [0.05, 0.1) is 10.8 Å². The minimum atomic E-state index is -1.79. The predicted octanol–water partition coefficient (Wildman–Crippen LogP) is 1.98. The number of hydrogen-bond acceptors (Lipinski definition) is 13. The molecule has 12 rings (SSSR count). The molecule has 10 heterocycles. The molecule has 12 nitrogen and oxygen atoms in total. The van der Waals surface area contributed by atoms with Gasteiger partial charge < -0.3 is 30.6 Å². The molecule has 4 amide bonds. The summed E-state index contributed by atoms with van der Waals surface area (Å²) >= 11 is 0. The smallest absolute Gasteiger partial charge is 0.264 e. The summed E-state index contributed by atoms with van der Waals surface area (Å²) in [7, 11) is 9.28. The molecule has 2 aromatic carbocycles. The molecule has 8 fully saturated rings. The van der Waals surface area contributed by atoms with Gasteiger partial charge in [-0.05, 0) is 79.3 Å². The van der Waals surface area contributed by atoms with Gasteiger partial charge in [-0.2, -0.15) is 0 Å². The molecule has 10 atom stereocenters. The van der Waals surface area contributed by atoms with Crippen LogP contribution in [0.2, 0.25) is 0 Å². The molecule has 2 spiro atoms. The van der Waals surface area contributed by atoms with Gasteiger partial charge in [-0.1, -0.05) is 47.2 Å². The van der Waals surface area contributed by atoms with Crippen molar-refractivity contribution in [1.82, 2.24) is 19.6 Å². The third-order valence-electron chi connectivity index (χ3n) is 12.1. The average molecular weight is 729 g/mol. The number of carbonyl (C=O) groups excluding carboxylic acids is 4. The van der Waals surface area contributed by atoms with Crippen LogP contribution in [-0.2, 0) is 30.0 Å². The number of nitrogens with zero attached hydrogens (tertiary/aromatic N) is 4. The summed E-state index contributed by atoms with van der Waals surface area (Å²) in [5.74, 6) is -1.54. The zero-order valence-corrected chi connectivity index (χ0v) is 29.4. The highest BCUT2D eigenvalue weighted by Crippen LogP contribution is 2.78. The minimum Gasteiger partial charge on any atom is -0.388 e. The number of aliphatic hydroxyl groups is 2. The average Bonchev–Trinajstić information content (AvgIpc) is 3.67. The van der Waals surface area contributed by atoms with Crippen molar-refractivity contribution in [3.63, 3.8) is 0 Å². The van der Waals surface area contributed by atoms with E-state index in [1.165, 1.54) is 61.8 Å². The first kappa shape index (κ1) is 29.5. The number of para-hydroxylation sites is 2. The Kier molecular flexibility index (Phi) is 5.32. The third-order valence-corrected chi connectivity index (χ3v) is 21.0. The highest BCUT2D eigenvalue weighted by atomic mass is 33.5. The van der Waals surface area contributed by atoms with E-state index in [4.69, 9.17) is 0 Å². The number of likely N-dealkylation sites (N-methyl/N-ethyl adjacent to an activating group) is 2. The number of nitrogens with one attached hydrogen (secondary N) is 2. The molecule has 0 radical (unpaired) electrons. The monoisotopic (exact) mass is 728 g/mol. The van der Waals surface area contributed by atoms with Crippen LogP contribution in [0.25, 0.3) is 0 Å². The Morgan fingerprint density at radius 3 is 1.53 bits per heavy atom. The normalized spacial score (nSPS) is 46.5. The number of fused-ring (bicyclic) bond motifs is 12. The van der Waals surface area contributed by atoms with Crippen LogP contribution in [0.4, 0.5) is 11.4 Å². The van der Waals surface area contributed by atoms with Gasteiger partial charge in [0, 0.05) is 25.5 Å². The second kappa shape index (κ2) is 8.47. The van der Waals surface area contributed by atoms with E-state index in [2.05, 4.69) is 10.6 Å². The first-order chi connectivity index (χ1) is 22.3. The Morgan fingerprint density at radius 1 is 0.617 bits per heavy atom. The van der Waals surface area contributed by atoms with Crippen LogP contribution in [-0.4, -0.2) is 112 Å². The van der Waals surface area contributed by atoms with Gasteiger partial charge in [-0.15, -0.1) is 0 Å².